The van der Waals surface area contributed by atoms with Crippen LogP contribution in [0.3, 0.4) is 0 Å². The molecule has 1 unspecified atom stereocenters. The van der Waals surface area contributed by atoms with E-state index in [-0.39, 0.29) is 0 Å². The minimum absolute atomic E-state index is 0.298. The predicted octanol–water partition coefficient (Wildman–Crippen LogP) is 2.37. The molecule has 0 rings (SSSR count). The van der Waals surface area contributed by atoms with Gasteiger partial charge in [0.05, 0.1) is 5.75 Å². The SMILES string of the molecule is CCCCC(CCC)NCCCS(C)(=O)=O. The molecule has 3 nitrogen and oxygen atoms in total. The fourth-order valence-corrected chi connectivity index (χ4v) is 2.46. The van der Waals surface area contributed by atoms with Crippen molar-refractivity contribution in [1.82, 2.24) is 5.32 Å². The van der Waals surface area contributed by atoms with Crippen molar-refractivity contribution in [3.05, 3.63) is 0 Å². The van der Waals surface area contributed by atoms with Crippen LogP contribution in [0, 0.1) is 0 Å². The summed E-state index contributed by atoms with van der Waals surface area (Å²) in [5, 5.41) is 3.46. The number of unbranched alkanes of at least 4 members (excludes halogenated alkanes) is 1. The molecule has 0 radical (unpaired) electrons. The highest BCUT2D eigenvalue weighted by molar-refractivity contribution is 7.90. The van der Waals surface area contributed by atoms with Gasteiger partial charge in [-0.25, -0.2) is 8.42 Å². The second kappa shape index (κ2) is 8.99. The molecule has 0 fully saturated rings. The Bertz CT molecular complexity index is 250. The fourth-order valence-electron chi connectivity index (χ4n) is 1.79. The molecule has 4 heteroatoms. The Morgan fingerprint density at radius 1 is 1.06 bits per heavy atom. The van der Waals surface area contributed by atoms with Crippen LogP contribution in [0.4, 0.5) is 0 Å². The van der Waals surface area contributed by atoms with Crippen LogP contribution in [0.25, 0.3) is 0 Å². The molecule has 0 aromatic heterocycles. The van der Waals surface area contributed by atoms with E-state index in [0.717, 1.165) is 13.0 Å². The van der Waals surface area contributed by atoms with Gasteiger partial charge in [-0.1, -0.05) is 33.1 Å². The molecular formula is C12H27NO2S. The Kier molecular flexibility index (Phi) is 8.94. The lowest BCUT2D eigenvalue weighted by molar-refractivity contribution is 0.435. The molecule has 98 valence electrons. The third-order valence-corrected chi connectivity index (χ3v) is 3.70. The molecule has 1 atom stereocenters. The summed E-state index contributed by atoms with van der Waals surface area (Å²) in [4.78, 5) is 0. The monoisotopic (exact) mass is 249 g/mol. The van der Waals surface area contributed by atoms with Crippen LogP contribution in [0.5, 0.6) is 0 Å². The largest absolute Gasteiger partial charge is 0.314 e. The van der Waals surface area contributed by atoms with Crippen LogP contribution in [0.1, 0.15) is 52.4 Å². The fraction of sp³-hybridized carbons (Fsp3) is 1.00. The van der Waals surface area contributed by atoms with Crippen molar-refractivity contribution < 1.29 is 8.42 Å². The first-order valence-corrected chi connectivity index (χ1v) is 8.46. The summed E-state index contributed by atoms with van der Waals surface area (Å²) in [5.41, 5.74) is 0. The molecule has 1 N–H and O–H groups in total. The van der Waals surface area contributed by atoms with Crippen molar-refractivity contribution >= 4 is 9.84 Å². The Labute approximate surface area is 101 Å². The first-order chi connectivity index (χ1) is 7.49. The summed E-state index contributed by atoms with van der Waals surface area (Å²) >= 11 is 0. The van der Waals surface area contributed by atoms with Gasteiger partial charge >= 0.3 is 0 Å². The summed E-state index contributed by atoms with van der Waals surface area (Å²) < 4.78 is 21.9. The van der Waals surface area contributed by atoms with E-state index in [2.05, 4.69) is 19.2 Å². The summed E-state index contributed by atoms with van der Waals surface area (Å²) in [5.74, 6) is 0.298. The van der Waals surface area contributed by atoms with Gasteiger partial charge in [0.25, 0.3) is 0 Å². The Morgan fingerprint density at radius 2 is 1.75 bits per heavy atom. The maximum atomic E-state index is 10.9. The number of hydrogen-bond donors (Lipinski definition) is 1. The molecular weight excluding hydrogens is 222 g/mol. The number of hydrogen-bond acceptors (Lipinski definition) is 3. The van der Waals surface area contributed by atoms with Crippen molar-refractivity contribution in [3.8, 4) is 0 Å². The van der Waals surface area contributed by atoms with Crippen molar-refractivity contribution in [2.45, 2.75) is 58.4 Å². The zero-order valence-electron chi connectivity index (χ0n) is 11.0. The van der Waals surface area contributed by atoms with E-state index in [0.29, 0.717) is 11.8 Å². The van der Waals surface area contributed by atoms with Gasteiger partial charge in [0.15, 0.2) is 0 Å². The van der Waals surface area contributed by atoms with Crippen LogP contribution < -0.4 is 5.32 Å². The molecule has 16 heavy (non-hydrogen) atoms. The Hall–Kier alpha value is -0.0900. The summed E-state index contributed by atoms with van der Waals surface area (Å²) in [6, 6.07) is 0.574. The maximum absolute atomic E-state index is 10.9. The first-order valence-electron chi connectivity index (χ1n) is 6.40. The summed E-state index contributed by atoms with van der Waals surface area (Å²) in [6.07, 6.45) is 8.10. The van der Waals surface area contributed by atoms with E-state index < -0.39 is 9.84 Å². The van der Waals surface area contributed by atoms with E-state index in [4.69, 9.17) is 0 Å². The van der Waals surface area contributed by atoms with Crippen LogP contribution >= 0.6 is 0 Å². The van der Waals surface area contributed by atoms with Crippen molar-refractivity contribution in [3.63, 3.8) is 0 Å². The quantitative estimate of drug-likeness (QED) is 0.605. The predicted molar refractivity (Wildman–Crippen MR) is 70.6 cm³/mol. The molecule has 0 spiro atoms. The zero-order valence-corrected chi connectivity index (χ0v) is 11.8. The molecule has 0 saturated carbocycles. The molecule has 0 aromatic rings. The standard InChI is InChI=1S/C12H27NO2S/c1-4-6-9-12(8-5-2)13-10-7-11-16(3,14)15/h12-13H,4-11H2,1-3H3. The van der Waals surface area contributed by atoms with Gasteiger partial charge < -0.3 is 5.32 Å². The lowest BCUT2D eigenvalue weighted by atomic mass is 10.1. The molecule has 0 saturated heterocycles. The number of nitrogens with one attached hydrogen (secondary N) is 1. The first kappa shape index (κ1) is 15.9. The molecule has 0 amide bonds. The van der Waals surface area contributed by atoms with E-state index in [9.17, 15) is 8.42 Å². The highest BCUT2D eigenvalue weighted by Gasteiger charge is 2.07. The molecule has 0 aliphatic rings. The second-order valence-corrected chi connectivity index (χ2v) is 6.83. The molecule has 0 bridgehead atoms. The lowest BCUT2D eigenvalue weighted by Gasteiger charge is -2.17. The van der Waals surface area contributed by atoms with E-state index in [1.54, 1.807) is 0 Å². The smallest absolute Gasteiger partial charge is 0.147 e. The van der Waals surface area contributed by atoms with Crippen molar-refractivity contribution in [2.24, 2.45) is 0 Å². The average Bonchev–Trinajstić information content (AvgIpc) is 2.19. The number of sulfone groups is 1. The second-order valence-electron chi connectivity index (χ2n) is 4.57. The van der Waals surface area contributed by atoms with Gasteiger partial charge in [0.2, 0.25) is 0 Å². The summed E-state index contributed by atoms with van der Waals surface area (Å²) in [6.45, 7) is 5.21. The van der Waals surface area contributed by atoms with Gasteiger partial charge in [-0.15, -0.1) is 0 Å². The van der Waals surface area contributed by atoms with E-state index in [1.165, 1.54) is 38.4 Å². The molecule has 0 heterocycles. The topological polar surface area (TPSA) is 46.2 Å². The highest BCUT2D eigenvalue weighted by atomic mass is 32.2. The highest BCUT2D eigenvalue weighted by Crippen LogP contribution is 2.06. The van der Waals surface area contributed by atoms with Crippen LogP contribution in [-0.4, -0.2) is 33.0 Å². The number of rotatable bonds is 10. The van der Waals surface area contributed by atoms with E-state index >= 15 is 0 Å². The van der Waals surface area contributed by atoms with Gasteiger partial charge in [-0.05, 0) is 25.8 Å². The van der Waals surface area contributed by atoms with E-state index in [1.807, 2.05) is 0 Å². The van der Waals surface area contributed by atoms with Gasteiger partial charge in [0.1, 0.15) is 9.84 Å². The van der Waals surface area contributed by atoms with Crippen molar-refractivity contribution in [1.29, 1.82) is 0 Å². The maximum Gasteiger partial charge on any atom is 0.147 e. The molecule has 0 aromatic carbocycles. The average molecular weight is 249 g/mol. The van der Waals surface area contributed by atoms with Gasteiger partial charge in [-0.3, -0.25) is 0 Å². The minimum atomic E-state index is -2.79. The van der Waals surface area contributed by atoms with Crippen LogP contribution in [-0.2, 0) is 9.84 Å². The Morgan fingerprint density at radius 3 is 2.25 bits per heavy atom. The van der Waals surface area contributed by atoms with Gasteiger partial charge in [0, 0.05) is 12.3 Å². The lowest BCUT2D eigenvalue weighted by Crippen LogP contribution is -2.30. The molecule has 0 aliphatic heterocycles. The third kappa shape index (κ3) is 10.4. The summed E-state index contributed by atoms with van der Waals surface area (Å²) in [7, 11) is -2.79. The third-order valence-electron chi connectivity index (χ3n) is 2.67. The van der Waals surface area contributed by atoms with Gasteiger partial charge in [-0.2, -0.15) is 0 Å². The van der Waals surface area contributed by atoms with Crippen molar-refractivity contribution in [2.75, 3.05) is 18.6 Å². The zero-order chi connectivity index (χ0) is 12.4. The molecule has 0 aliphatic carbocycles. The van der Waals surface area contributed by atoms with Crippen LogP contribution in [0.2, 0.25) is 0 Å². The minimum Gasteiger partial charge on any atom is -0.314 e. The Balaban J connectivity index is 3.66. The van der Waals surface area contributed by atoms with Crippen LogP contribution in [0.15, 0.2) is 0 Å². The normalized spacial score (nSPS) is 13.9.